The quantitative estimate of drug-likeness (QED) is 0.377. The van der Waals surface area contributed by atoms with Crippen molar-refractivity contribution in [2.24, 2.45) is 0 Å². The number of rotatable bonds is 3. The van der Waals surface area contributed by atoms with Gasteiger partial charge in [-0.3, -0.25) is 0 Å². The van der Waals surface area contributed by atoms with Crippen LogP contribution in [0.15, 0.2) is 84.9 Å². The fourth-order valence-electron chi connectivity index (χ4n) is 3.04. The summed E-state index contributed by atoms with van der Waals surface area (Å²) < 4.78 is 0. The van der Waals surface area contributed by atoms with Crippen LogP contribution in [-0.4, -0.2) is 7.38 Å². The molecule has 0 fully saturated rings. The minimum Gasteiger partial charge on any atom is -0.149 e. The molecular formula is C22H23ClSi. The Bertz CT molecular complexity index is 747. The normalized spacial score (nSPS) is 12.2. The van der Waals surface area contributed by atoms with Crippen LogP contribution in [0.5, 0.6) is 0 Å². The average molecular weight is 351 g/mol. The van der Waals surface area contributed by atoms with Crippen LogP contribution in [0.4, 0.5) is 0 Å². The Morgan fingerprint density at radius 2 is 0.958 bits per heavy atom. The summed E-state index contributed by atoms with van der Waals surface area (Å²) >= 11 is 7.42. The van der Waals surface area contributed by atoms with Crippen molar-refractivity contribution >= 4 is 34.0 Å². The lowest BCUT2D eigenvalue weighted by atomic mass is 9.87. The van der Waals surface area contributed by atoms with E-state index in [1.54, 1.807) is 0 Å². The number of benzene rings is 3. The summed E-state index contributed by atoms with van der Waals surface area (Å²) in [5.41, 5.74) is 1.48. The topological polar surface area (TPSA) is 0 Å². The lowest BCUT2D eigenvalue weighted by Crippen LogP contribution is -2.62. The maximum atomic E-state index is 7.42. The standard InChI is InChI=1S/C22H23ClSi/c1-22(2,3)18-14-16-21(17-15-18)24(23,19-10-6-4-7-11-19)20-12-8-5-9-13-20/h4-17H,1-3H3. The summed E-state index contributed by atoms with van der Waals surface area (Å²) in [6, 6.07) is 29.9. The van der Waals surface area contributed by atoms with Crippen molar-refractivity contribution in [3.05, 3.63) is 90.5 Å². The van der Waals surface area contributed by atoms with Crippen molar-refractivity contribution in [1.82, 2.24) is 0 Å². The Labute approximate surface area is 150 Å². The summed E-state index contributed by atoms with van der Waals surface area (Å²) in [6.45, 7) is 6.71. The number of halogens is 1. The van der Waals surface area contributed by atoms with E-state index in [1.165, 1.54) is 21.1 Å². The summed E-state index contributed by atoms with van der Waals surface area (Å²) in [4.78, 5) is 0. The predicted molar refractivity (Wildman–Crippen MR) is 109 cm³/mol. The number of hydrogen-bond acceptors (Lipinski definition) is 0. The van der Waals surface area contributed by atoms with E-state index in [0.717, 1.165) is 0 Å². The van der Waals surface area contributed by atoms with Gasteiger partial charge in [0.25, 0.3) is 0 Å². The highest BCUT2D eigenvalue weighted by Crippen LogP contribution is 2.22. The summed E-state index contributed by atoms with van der Waals surface area (Å²) in [6.07, 6.45) is 0. The molecule has 0 radical (unpaired) electrons. The molecule has 0 nitrogen and oxygen atoms in total. The van der Waals surface area contributed by atoms with E-state index >= 15 is 0 Å². The molecular weight excluding hydrogens is 328 g/mol. The highest BCUT2D eigenvalue weighted by Gasteiger charge is 2.37. The molecule has 0 heterocycles. The molecule has 0 aliphatic rings. The van der Waals surface area contributed by atoms with Gasteiger partial charge in [-0.05, 0) is 26.5 Å². The van der Waals surface area contributed by atoms with Gasteiger partial charge in [0.1, 0.15) is 0 Å². The Morgan fingerprint density at radius 3 is 1.33 bits per heavy atom. The highest BCUT2D eigenvalue weighted by molar-refractivity contribution is 7.40. The Morgan fingerprint density at radius 1 is 0.583 bits per heavy atom. The van der Waals surface area contributed by atoms with Gasteiger partial charge in [-0.15, -0.1) is 11.1 Å². The Kier molecular flexibility index (Phi) is 4.66. The van der Waals surface area contributed by atoms with Crippen LogP contribution < -0.4 is 15.6 Å². The van der Waals surface area contributed by atoms with Gasteiger partial charge in [0, 0.05) is 0 Å². The third-order valence-corrected chi connectivity index (χ3v) is 9.84. The van der Waals surface area contributed by atoms with Crippen LogP contribution in [0.25, 0.3) is 0 Å². The summed E-state index contributed by atoms with van der Waals surface area (Å²) in [7, 11) is -2.49. The zero-order chi connectivity index (χ0) is 17.2. The molecule has 0 saturated heterocycles. The second-order valence-electron chi connectivity index (χ2n) is 7.22. The van der Waals surface area contributed by atoms with Crippen molar-refractivity contribution in [2.45, 2.75) is 26.2 Å². The minimum atomic E-state index is -2.49. The van der Waals surface area contributed by atoms with Crippen molar-refractivity contribution < 1.29 is 0 Å². The molecule has 0 aliphatic heterocycles. The summed E-state index contributed by atoms with van der Waals surface area (Å²) in [5.74, 6) is 0. The minimum absolute atomic E-state index is 0.147. The maximum Gasteiger partial charge on any atom is 0.247 e. The van der Waals surface area contributed by atoms with Crippen molar-refractivity contribution in [3.8, 4) is 0 Å². The highest BCUT2D eigenvalue weighted by atomic mass is 35.6. The van der Waals surface area contributed by atoms with Gasteiger partial charge in [0.2, 0.25) is 7.38 Å². The lowest BCUT2D eigenvalue weighted by molar-refractivity contribution is 0.590. The SMILES string of the molecule is CC(C)(C)c1ccc([Si](Cl)(c2ccccc2)c2ccccc2)cc1. The monoisotopic (exact) mass is 350 g/mol. The van der Waals surface area contributed by atoms with Gasteiger partial charge in [0.15, 0.2) is 0 Å². The fourth-order valence-corrected chi connectivity index (χ4v) is 7.10. The van der Waals surface area contributed by atoms with E-state index in [4.69, 9.17) is 11.1 Å². The van der Waals surface area contributed by atoms with E-state index < -0.39 is 7.38 Å². The molecule has 0 aromatic heterocycles. The van der Waals surface area contributed by atoms with E-state index in [2.05, 4.69) is 93.6 Å². The second kappa shape index (κ2) is 6.58. The molecule has 0 saturated carbocycles. The van der Waals surface area contributed by atoms with Crippen LogP contribution in [0.3, 0.4) is 0 Å². The molecule has 0 N–H and O–H groups in total. The molecule has 0 atom stereocenters. The lowest BCUT2D eigenvalue weighted by Gasteiger charge is -2.27. The molecule has 0 amide bonds. The van der Waals surface area contributed by atoms with E-state index in [-0.39, 0.29) is 5.41 Å². The van der Waals surface area contributed by atoms with Gasteiger partial charge in [-0.25, -0.2) is 0 Å². The first kappa shape index (κ1) is 17.0. The van der Waals surface area contributed by atoms with Crippen molar-refractivity contribution in [3.63, 3.8) is 0 Å². The molecule has 0 bridgehead atoms. The van der Waals surface area contributed by atoms with Crippen LogP contribution >= 0.6 is 11.1 Å². The first-order valence-corrected chi connectivity index (χ1v) is 11.3. The zero-order valence-electron chi connectivity index (χ0n) is 14.5. The van der Waals surface area contributed by atoms with Crippen LogP contribution in [0, 0.1) is 0 Å². The smallest absolute Gasteiger partial charge is 0.149 e. The van der Waals surface area contributed by atoms with Gasteiger partial charge in [-0.2, -0.15) is 0 Å². The first-order valence-electron chi connectivity index (χ1n) is 8.33. The third-order valence-electron chi connectivity index (χ3n) is 4.49. The average Bonchev–Trinajstić information content (AvgIpc) is 2.62. The Hall–Kier alpha value is -1.83. The molecule has 24 heavy (non-hydrogen) atoms. The van der Waals surface area contributed by atoms with Crippen molar-refractivity contribution in [2.75, 3.05) is 0 Å². The molecule has 0 spiro atoms. The second-order valence-corrected chi connectivity index (χ2v) is 12.0. The summed E-state index contributed by atoms with van der Waals surface area (Å²) in [5, 5.41) is 3.68. The third kappa shape index (κ3) is 3.19. The van der Waals surface area contributed by atoms with Gasteiger partial charge >= 0.3 is 0 Å². The molecule has 3 aromatic carbocycles. The molecule has 122 valence electrons. The fraction of sp³-hybridized carbons (Fsp3) is 0.182. The van der Waals surface area contributed by atoms with E-state index in [0.29, 0.717) is 0 Å². The largest absolute Gasteiger partial charge is 0.247 e. The molecule has 0 aliphatic carbocycles. The first-order chi connectivity index (χ1) is 11.4. The predicted octanol–water partition coefficient (Wildman–Crippen LogP) is 4.19. The van der Waals surface area contributed by atoms with E-state index in [9.17, 15) is 0 Å². The van der Waals surface area contributed by atoms with Crippen molar-refractivity contribution in [1.29, 1.82) is 0 Å². The van der Waals surface area contributed by atoms with Crippen LogP contribution in [-0.2, 0) is 5.41 Å². The molecule has 0 unspecified atom stereocenters. The van der Waals surface area contributed by atoms with Gasteiger partial charge in [0.05, 0.1) is 0 Å². The number of hydrogen-bond donors (Lipinski definition) is 0. The molecule has 2 heteroatoms. The zero-order valence-corrected chi connectivity index (χ0v) is 16.2. The van der Waals surface area contributed by atoms with Gasteiger partial charge in [-0.1, -0.05) is 106 Å². The maximum absolute atomic E-state index is 7.42. The molecule has 3 aromatic rings. The van der Waals surface area contributed by atoms with Crippen LogP contribution in [0.1, 0.15) is 26.3 Å². The molecule has 3 rings (SSSR count). The van der Waals surface area contributed by atoms with E-state index in [1.807, 2.05) is 12.1 Å². The van der Waals surface area contributed by atoms with Gasteiger partial charge < -0.3 is 0 Å². The Balaban J connectivity index is 2.16. The van der Waals surface area contributed by atoms with Crippen LogP contribution in [0.2, 0.25) is 0 Å².